The van der Waals surface area contributed by atoms with Gasteiger partial charge in [-0.15, -0.1) is 0 Å². The fraction of sp³-hybridized carbons (Fsp3) is 0.188. The highest BCUT2D eigenvalue weighted by atomic mass is 19.1. The molecule has 0 saturated carbocycles. The summed E-state index contributed by atoms with van der Waals surface area (Å²) in [4.78, 5) is 0. The fourth-order valence-corrected chi connectivity index (χ4v) is 2.06. The molecular formula is C16H15FN2O. The first-order valence-electron chi connectivity index (χ1n) is 6.36. The average Bonchev–Trinajstić information content (AvgIpc) is 2.49. The Bertz CT molecular complexity index is 608. The predicted octanol–water partition coefficient (Wildman–Crippen LogP) is 3.23. The molecule has 0 bridgehead atoms. The number of nitrogens with zero attached hydrogens (tertiary/aromatic N) is 1. The lowest BCUT2D eigenvalue weighted by Crippen LogP contribution is -2.13. The third-order valence-corrected chi connectivity index (χ3v) is 3.05. The van der Waals surface area contributed by atoms with Crippen LogP contribution >= 0.6 is 0 Å². The van der Waals surface area contributed by atoms with Gasteiger partial charge in [0.05, 0.1) is 17.3 Å². The van der Waals surface area contributed by atoms with Crippen molar-refractivity contribution in [3.63, 3.8) is 0 Å². The minimum Gasteiger partial charge on any atom is -0.396 e. The summed E-state index contributed by atoms with van der Waals surface area (Å²) >= 11 is 0. The van der Waals surface area contributed by atoms with Gasteiger partial charge < -0.3 is 10.4 Å². The maximum atomic E-state index is 13.1. The van der Waals surface area contributed by atoms with Crippen molar-refractivity contribution in [1.29, 1.82) is 5.26 Å². The first-order valence-corrected chi connectivity index (χ1v) is 6.36. The number of nitrogens with one attached hydrogen (secondary N) is 1. The summed E-state index contributed by atoms with van der Waals surface area (Å²) in [6.45, 7) is 0.0235. The number of hydrogen-bond acceptors (Lipinski definition) is 3. The molecule has 1 atom stereocenters. The number of benzene rings is 2. The molecule has 0 aliphatic carbocycles. The summed E-state index contributed by atoms with van der Waals surface area (Å²) in [5, 5.41) is 21.4. The van der Waals surface area contributed by atoms with Crippen LogP contribution in [0.3, 0.4) is 0 Å². The van der Waals surface area contributed by atoms with Crippen LogP contribution in [0.2, 0.25) is 0 Å². The van der Waals surface area contributed by atoms with E-state index in [1.807, 2.05) is 36.4 Å². The van der Waals surface area contributed by atoms with Gasteiger partial charge in [-0.3, -0.25) is 0 Å². The van der Waals surface area contributed by atoms with E-state index >= 15 is 0 Å². The molecule has 2 rings (SSSR count). The van der Waals surface area contributed by atoms with Crippen LogP contribution < -0.4 is 5.32 Å². The van der Waals surface area contributed by atoms with Gasteiger partial charge in [-0.2, -0.15) is 5.26 Å². The molecule has 4 heteroatoms. The molecule has 3 nitrogen and oxygen atoms in total. The molecule has 0 radical (unpaired) electrons. The van der Waals surface area contributed by atoms with E-state index in [9.17, 15) is 9.50 Å². The van der Waals surface area contributed by atoms with E-state index in [0.717, 1.165) is 5.56 Å². The number of aliphatic hydroxyl groups excluding tert-OH is 1. The van der Waals surface area contributed by atoms with Crippen LogP contribution in [-0.2, 0) is 0 Å². The second-order valence-electron chi connectivity index (χ2n) is 4.42. The molecule has 2 aromatic rings. The van der Waals surface area contributed by atoms with Crippen LogP contribution in [0.1, 0.15) is 23.6 Å². The van der Waals surface area contributed by atoms with E-state index in [4.69, 9.17) is 5.26 Å². The third-order valence-electron chi connectivity index (χ3n) is 3.05. The van der Waals surface area contributed by atoms with Gasteiger partial charge in [0.2, 0.25) is 0 Å². The highest BCUT2D eigenvalue weighted by molar-refractivity contribution is 5.58. The lowest BCUT2D eigenvalue weighted by atomic mass is 10.0. The Hall–Kier alpha value is -2.38. The molecule has 102 valence electrons. The Morgan fingerprint density at radius 2 is 1.95 bits per heavy atom. The molecule has 2 aromatic carbocycles. The second kappa shape index (κ2) is 6.69. The van der Waals surface area contributed by atoms with E-state index in [1.165, 1.54) is 12.1 Å². The zero-order chi connectivity index (χ0) is 14.4. The molecule has 0 amide bonds. The number of rotatable bonds is 5. The molecule has 20 heavy (non-hydrogen) atoms. The monoisotopic (exact) mass is 270 g/mol. The summed E-state index contributed by atoms with van der Waals surface area (Å²) < 4.78 is 13.1. The molecular weight excluding hydrogens is 255 g/mol. The molecule has 0 aliphatic rings. The van der Waals surface area contributed by atoms with Crippen molar-refractivity contribution in [2.24, 2.45) is 0 Å². The number of anilines is 1. The Labute approximate surface area is 117 Å². The first-order chi connectivity index (χ1) is 9.74. The van der Waals surface area contributed by atoms with Gasteiger partial charge in [0.1, 0.15) is 11.9 Å². The third kappa shape index (κ3) is 3.34. The van der Waals surface area contributed by atoms with E-state index in [1.54, 1.807) is 6.07 Å². The van der Waals surface area contributed by atoms with Crippen molar-refractivity contribution < 1.29 is 9.50 Å². The number of aliphatic hydroxyl groups is 1. The predicted molar refractivity (Wildman–Crippen MR) is 75.6 cm³/mol. The molecule has 0 heterocycles. The van der Waals surface area contributed by atoms with Crippen molar-refractivity contribution in [1.82, 2.24) is 0 Å². The molecule has 0 fully saturated rings. The van der Waals surface area contributed by atoms with Crippen LogP contribution in [-0.4, -0.2) is 11.7 Å². The summed E-state index contributed by atoms with van der Waals surface area (Å²) in [5.74, 6) is -0.439. The zero-order valence-corrected chi connectivity index (χ0v) is 10.9. The maximum Gasteiger partial charge on any atom is 0.124 e. The summed E-state index contributed by atoms with van der Waals surface area (Å²) in [5.41, 5.74) is 1.83. The van der Waals surface area contributed by atoms with Crippen LogP contribution in [0.5, 0.6) is 0 Å². The average molecular weight is 270 g/mol. The highest BCUT2D eigenvalue weighted by Crippen LogP contribution is 2.25. The molecule has 0 aliphatic heterocycles. The minimum atomic E-state index is -0.439. The Kier molecular flexibility index (Phi) is 4.70. The quantitative estimate of drug-likeness (QED) is 0.877. The minimum absolute atomic E-state index is 0.0235. The molecule has 0 aromatic heterocycles. The summed E-state index contributed by atoms with van der Waals surface area (Å²) in [6.07, 6.45) is 0.506. The smallest absolute Gasteiger partial charge is 0.124 e. The lowest BCUT2D eigenvalue weighted by molar-refractivity contribution is 0.280. The van der Waals surface area contributed by atoms with E-state index in [0.29, 0.717) is 12.1 Å². The maximum absolute atomic E-state index is 13.1. The van der Waals surface area contributed by atoms with Gasteiger partial charge in [0, 0.05) is 6.61 Å². The fourth-order valence-electron chi connectivity index (χ4n) is 2.06. The van der Waals surface area contributed by atoms with Crippen molar-refractivity contribution >= 4 is 5.69 Å². The largest absolute Gasteiger partial charge is 0.396 e. The van der Waals surface area contributed by atoms with Gasteiger partial charge in [0.25, 0.3) is 0 Å². The van der Waals surface area contributed by atoms with Crippen molar-refractivity contribution in [3.05, 3.63) is 65.5 Å². The second-order valence-corrected chi connectivity index (χ2v) is 4.42. The van der Waals surface area contributed by atoms with E-state index in [-0.39, 0.29) is 18.2 Å². The van der Waals surface area contributed by atoms with Crippen LogP contribution in [0.25, 0.3) is 0 Å². The Morgan fingerprint density at radius 3 is 2.60 bits per heavy atom. The van der Waals surface area contributed by atoms with Gasteiger partial charge in [-0.25, -0.2) is 4.39 Å². The molecule has 2 N–H and O–H groups in total. The standard InChI is InChI=1S/C16H15FN2O/c17-14-6-7-15(13(10-14)11-18)19-16(8-9-20)12-4-2-1-3-5-12/h1-7,10,16,19-20H,8-9H2/t16-/m1/s1. The molecule has 0 spiro atoms. The number of nitriles is 1. The molecule has 0 saturated heterocycles. The van der Waals surface area contributed by atoms with Crippen LogP contribution in [0, 0.1) is 17.1 Å². The van der Waals surface area contributed by atoms with Gasteiger partial charge in [0.15, 0.2) is 0 Å². The van der Waals surface area contributed by atoms with Gasteiger partial charge in [-0.05, 0) is 30.2 Å². The van der Waals surface area contributed by atoms with Crippen molar-refractivity contribution in [3.8, 4) is 6.07 Å². The van der Waals surface area contributed by atoms with Crippen molar-refractivity contribution in [2.75, 3.05) is 11.9 Å². The SMILES string of the molecule is N#Cc1cc(F)ccc1N[C@H](CCO)c1ccccc1. The van der Waals surface area contributed by atoms with Crippen LogP contribution in [0.15, 0.2) is 48.5 Å². The van der Waals surface area contributed by atoms with E-state index in [2.05, 4.69) is 5.32 Å². The van der Waals surface area contributed by atoms with E-state index < -0.39 is 5.82 Å². The van der Waals surface area contributed by atoms with Gasteiger partial charge >= 0.3 is 0 Å². The number of halogens is 1. The highest BCUT2D eigenvalue weighted by Gasteiger charge is 2.13. The van der Waals surface area contributed by atoms with Crippen molar-refractivity contribution in [2.45, 2.75) is 12.5 Å². The number of hydrogen-bond donors (Lipinski definition) is 2. The first kappa shape index (κ1) is 14.0. The Balaban J connectivity index is 2.27. The lowest BCUT2D eigenvalue weighted by Gasteiger charge is -2.20. The normalized spacial score (nSPS) is 11.7. The summed E-state index contributed by atoms with van der Waals surface area (Å²) in [7, 11) is 0. The molecule has 0 unspecified atom stereocenters. The Morgan fingerprint density at radius 1 is 1.20 bits per heavy atom. The van der Waals surface area contributed by atoms with Gasteiger partial charge in [-0.1, -0.05) is 30.3 Å². The summed E-state index contributed by atoms with van der Waals surface area (Å²) in [6, 6.07) is 15.5. The zero-order valence-electron chi connectivity index (χ0n) is 10.9. The van der Waals surface area contributed by atoms with Crippen LogP contribution in [0.4, 0.5) is 10.1 Å². The topological polar surface area (TPSA) is 56.0 Å².